The van der Waals surface area contributed by atoms with Crippen molar-refractivity contribution in [2.75, 3.05) is 13.2 Å². The summed E-state index contributed by atoms with van der Waals surface area (Å²) in [6, 6.07) is 23.2. The molecule has 3 aromatic carbocycles. The van der Waals surface area contributed by atoms with Gasteiger partial charge in [-0.3, -0.25) is 4.18 Å². The van der Waals surface area contributed by atoms with Crippen LogP contribution in [0.5, 0.6) is 0 Å². The summed E-state index contributed by atoms with van der Waals surface area (Å²) >= 11 is 0. The van der Waals surface area contributed by atoms with Gasteiger partial charge in [0.1, 0.15) is 5.82 Å². The SMILES string of the molecule is CC(c1ccc(-c2ccc(F)cc2)cc1)N1CCC(CCOS(N)(=O)=O)(c2ccccc2)NC1=O. The largest absolute Gasteiger partial charge is 0.333 e. The summed E-state index contributed by atoms with van der Waals surface area (Å²) < 4.78 is 40.5. The second-order valence-electron chi connectivity index (χ2n) is 8.69. The van der Waals surface area contributed by atoms with Crippen molar-refractivity contribution >= 4 is 16.3 Å². The van der Waals surface area contributed by atoms with Gasteiger partial charge in [0.15, 0.2) is 0 Å². The van der Waals surface area contributed by atoms with Crippen LogP contribution in [0.1, 0.15) is 36.9 Å². The molecule has 0 aliphatic carbocycles. The zero-order valence-electron chi connectivity index (χ0n) is 19.4. The molecule has 1 heterocycles. The van der Waals surface area contributed by atoms with Crippen molar-refractivity contribution in [2.45, 2.75) is 31.3 Å². The Labute approximate surface area is 205 Å². The number of hydrogen-bond donors (Lipinski definition) is 2. The molecule has 3 N–H and O–H groups in total. The molecule has 4 rings (SSSR count). The first kappa shape index (κ1) is 24.8. The molecule has 35 heavy (non-hydrogen) atoms. The zero-order valence-corrected chi connectivity index (χ0v) is 20.2. The van der Waals surface area contributed by atoms with E-state index in [0.717, 1.165) is 22.3 Å². The normalized spacial score (nSPS) is 19.3. The summed E-state index contributed by atoms with van der Waals surface area (Å²) in [5.74, 6) is -0.280. The van der Waals surface area contributed by atoms with E-state index in [1.165, 1.54) is 12.1 Å². The molecular formula is C26H28FN3O4S. The fourth-order valence-corrected chi connectivity index (χ4v) is 4.85. The molecule has 2 atom stereocenters. The van der Waals surface area contributed by atoms with Gasteiger partial charge in [0.25, 0.3) is 0 Å². The predicted molar refractivity (Wildman–Crippen MR) is 132 cm³/mol. The average Bonchev–Trinajstić information content (AvgIpc) is 2.84. The number of nitrogens with two attached hydrogens (primary N) is 1. The van der Waals surface area contributed by atoms with E-state index in [9.17, 15) is 17.6 Å². The minimum Gasteiger partial charge on any atom is -0.328 e. The number of urea groups is 1. The number of halogens is 1. The first-order valence-electron chi connectivity index (χ1n) is 11.3. The Morgan fingerprint density at radius 3 is 2.20 bits per heavy atom. The monoisotopic (exact) mass is 497 g/mol. The second kappa shape index (κ2) is 10.2. The maximum absolute atomic E-state index is 13.3. The summed E-state index contributed by atoms with van der Waals surface area (Å²) in [6.45, 7) is 2.29. The molecular weight excluding hydrogens is 469 g/mol. The lowest BCUT2D eigenvalue weighted by molar-refractivity contribution is 0.113. The fraction of sp³-hybridized carbons (Fsp3) is 0.269. The molecule has 2 amide bonds. The third-order valence-corrected chi connectivity index (χ3v) is 7.02. The maximum atomic E-state index is 13.3. The van der Waals surface area contributed by atoms with Crippen LogP contribution in [-0.4, -0.2) is 32.5 Å². The van der Waals surface area contributed by atoms with E-state index >= 15 is 0 Å². The van der Waals surface area contributed by atoms with Gasteiger partial charge < -0.3 is 10.2 Å². The highest BCUT2D eigenvalue weighted by molar-refractivity contribution is 7.84. The Morgan fingerprint density at radius 2 is 1.63 bits per heavy atom. The number of carbonyl (C=O) groups is 1. The van der Waals surface area contributed by atoms with Crippen LogP contribution in [0.25, 0.3) is 11.1 Å². The van der Waals surface area contributed by atoms with Gasteiger partial charge in [0, 0.05) is 6.54 Å². The van der Waals surface area contributed by atoms with E-state index in [0.29, 0.717) is 13.0 Å². The molecule has 9 heteroatoms. The third-order valence-electron chi connectivity index (χ3n) is 6.53. The molecule has 3 aromatic rings. The van der Waals surface area contributed by atoms with Crippen molar-refractivity contribution in [3.8, 4) is 11.1 Å². The van der Waals surface area contributed by atoms with E-state index in [1.807, 2.05) is 61.5 Å². The third kappa shape index (κ3) is 5.87. The predicted octanol–water partition coefficient (Wildman–Crippen LogP) is 4.47. The van der Waals surface area contributed by atoms with Crippen LogP contribution in [0, 0.1) is 5.82 Å². The molecule has 1 saturated heterocycles. The highest BCUT2D eigenvalue weighted by atomic mass is 32.2. The van der Waals surface area contributed by atoms with Crippen LogP contribution < -0.4 is 10.5 Å². The lowest BCUT2D eigenvalue weighted by atomic mass is 9.82. The van der Waals surface area contributed by atoms with Gasteiger partial charge in [-0.1, -0.05) is 66.7 Å². The maximum Gasteiger partial charge on any atom is 0.333 e. The van der Waals surface area contributed by atoms with Gasteiger partial charge in [0.2, 0.25) is 0 Å². The molecule has 7 nitrogen and oxygen atoms in total. The first-order valence-corrected chi connectivity index (χ1v) is 12.8. The topological polar surface area (TPSA) is 102 Å². The highest BCUT2D eigenvalue weighted by Gasteiger charge is 2.41. The van der Waals surface area contributed by atoms with Crippen molar-refractivity contribution in [3.05, 3.63) is 95.8 Å². The van der Waals surface area contributed by atoms with Gasteiger partial charge in [-0.2, -0.15) is 8.42 Å². The smallest absolute Gasteiger partial charge is 0.328 e. The van der Waals surface area contributed by atoms with Crippen LogP contribution in [0.4, 0.5) is 9.18 Å². The molecule has 0 spiro atoms. The van der Waals surface area contributed by atoms with Crippen molar-refractivity contribution < 1.29 is 21.8 Å². The summed E-state index contributed by atoms with van der Waals surface area (Å²) in [5.41, 5.74) is 2.95. The van der Waals surface area contributed by atoms with E-state index < -0.39 is 15.8 Å². The Bertz CT molecular complexity index is 1270. The summed E-state index contributed by atoms with van der Waals surface area (Å²) in [4.78, 5) is 15.0. The van der Waals surface area contributed by atoms with Crippen molar-refractivity contribution in [1.29, 1.82) is 0 Å². The van der Waals surface area contributed by atoms with Crippen LogP contribution >= 0.6 is 0 Å². The molecule has 1 fully saturated rings. The number of benzene rings is 3. The van der Waals surface area contributed by atoms with Gasteiger partial charge in [0.05, 0.1) is 18.2 Å². The molecule has 2 unspecified atom stereocenters. The molecule has 0 bridgehead atoms. The first-order chi connectivity index (χ1) is 16.7. The Morgan fingerprint density at radius 1 is 1.03 bits per heavy atom. The molecule has 184 valence electrons. The fourth-order valence-electron chi connectivity index (χ4n) is 4.54. The Balaban J connectivity index is 1.50. The number of rotatable bonds is 8. The Hall–Kier alpha value is -3.27. The van der Waals surface area contributed by atoms with Crippen LogP contribution in [-0.2, 0) is 20.0 Å². The molecule has 0 radical (unpaired) electrons. The summed E-state index contributed by atoms with van der Waals surface area (Å²) in [5, 5.41) is 8.09. The number of hydrogen-bond acceptors (Lipinski definition) is 4. The summed E-state index contributed by atoms with van der Waals surface area (Å²) in [6.07, 6.45) is 0.822. The minimum atomic E-state index is -4.08. The number of nitrogens with zero attached hydrogens (tertiary/aromatic N) is 1. The molecule has 1 aliphatic rings. The second-order valence-corrected chi connectivity index (χ2v) is 9.91. The number of nitrogens with one attached hydrogen (secondary N) is 1. The van der Waals surface area contributed by atoms with E-state index in [2.05, 4.69) is 5.32 Å². The van der Waals surface area contributed by atoms with Crippen LogP contribution in [0.15, 0.2) is 78.9 Å². The lowest BCUT2D eigenvalue weighted by Gasteiger charge is -2.45. The van der Waals surface area contributed by atoms with Gasteiger partial charge in [-0.25, -0.2) is 14.3 Å². The standard InChI is InChI=1S/C26H28FN3O4S/c1-19(20-7-9-21(10-8-20)22-11-13-24(27)14-12-22)30-17-15-26(29-25(30)31,16-18-34-35(28,32)33)23-5-3-2-4-6-23/h2-14,19H,15-18H2,1H3,(H,29,31)(H2,28,32,33). The van der Waals surface area contributed by atoms with Crippen molar-refractivity contribution in [3.63, 3.8) is 0 Å². The zero-order chi connectivity index (χ0) is 25.1. The number of amides is 2. The van der Waals surface area contributed by atoms with Gasteiger partial charge in [-0.05, 0) is 54.2 Å². The van der Waals surface area contributed by atoms with E-state index in [4.69, 9.17) is 9.32 Å². The number of carbonyl (C=O) groups excluding carboxylic acids is 1. The van der Waals surface area contributed by atoms with Crippen molar-refractivity contribution in [2.24, 2.45) is 5.14 Å². The minimum absolute atomic E-state index is 0.144. The highest BCUT2D eigenvalue weighted by Crippen LogP contribution is 2.35. The van der Waals surface area contributed by atoms with Crippen molar-refractivity contribution in [1.82, 2.24) is 10.2 Å². The van der Waals surface area contributed by atoms with Gasteiger partial charge >= 0.3 is 16.3 Å². The average molecular weight is 498 g/mol. The Kier molecular flexibility index (Phi) is 7.20. The molecule has 1 aliphatic heterocycles. The van der Waals surface area contributed by atoms with Crippen LogP contribution in [0.3, 0.4) is 0 Å². The van der Waals surface area contributed by atoms with Crippen LogP contribution in [0.2, 0.25) is 0 Å². The molecule has 0 saturated carbocycles. The quantitative estimate of drug-likeness (QED) is 0.479. The lowest BCUT2D eigenvalue weighted by Crippen LogP contribution is -2.58. The molecule has 0 aromatic heterocycles. The summed E-state index contributed by atoms with van der Waals surface area (Å²) in [7, 11) is -4.08. The van der Waals surface area contributed by atoms with E-state index in [1.54, 1.807) is 17.0 Å². The van der Waals surface area contributed by atoms with E-state index in [-0.39, 0.29) is 30.9 Å². The van der Waals surface area contributed by atoms with Gasteiger partial charge in [-0.15, -0.1) is 0 Å².